The minimum absolute atomic E-state index is 0. The molecule has 127 valence electrons. The number of amides is 1. The molecular weight excluding hydrogens is 572 g/mol. The number of halogens is 4. The second-order valence-electron chi connectivity index (χ2n) is 4.78. The van der Waals surface area contributed by atoms with Crippen LogP contribution in [0.4, 0.5) is 8.78 Å². The number of benzene rings is 1. The van der Waals surface area contributed by atoms with Gasteiger partial charge < -0.3 is 9.64 Å². The Labute approximate surface area is 187 Å². The second-order valence-corrected chi connectivity index (χ2v) is 7.14. The SMILES string of the molecule is C=CCOc1ccc(C2=[C-]CC(I)C(=O)N2CC(F)F)c(Br)c1.[Y]. The molecule has 1 atom stereocenters. The number of carbonyl (C=O) groups excluding carboxylic acids is 1. The third-order valence-corrected chi connectivity index (χ3v) is 4.77. The topological polar surface area (TPSA) is 29.5 Å². The number of ether oxygens (including phenoxy) is 1. The summed E-state index contributed by atoms with van der Waals surface area (Å²) in [6, 6.07) is 5.18. The monoisotopic (exact) mass is 585 g/mol. The number of carbonyl (C=O) groups is 1. The van der Waals surface area contributed by atoms with E-state index in [2.05, 4.69) is 28.6 Å². The summed E-state index contributed by atoms with van der Waals surface area (Å²) < 4.78 is 31.4. The van der Waals surface area contributed by atoms with Gasteiger partial charge in [0.1, 0.15) is 12.4 Å². The normalized spacial score (nSPS) is 17.4. The Balaban J connectivity index is 0.00000288. The summed E-state index contributed by atoms with van der Waals surface area (Å²) in [5.41, 5.74) is 1.01. The molecule has 2 rings (SSSR count). The maximum Gasteiger partial charge on any atom is 0.256 e. The van der Waals surface area contributed by atoms with Crippen LogP contribution in [0.25, 0.3) is 5.70 Å². The van der Waals surface area contributed by atoms with Crippen molar-refractivity contribution in [2.24, 2.45) is 0 Å². The quantitative estimate of drug-likeness (QED) is 0.214. The largest absolute Gasteiger partial charge is 0.490 e. The van der Waals surface area contributed by atoms with Gasteiger partial charge in [-0.1, -0.05) is 62.1 Å². The van der Waals surface area contributed by atoms with Crippen molar-refractivity contribution in [1.29, 1.82) is 0 Å². The molecule has 1 heterocycles. The molecule has 0 bridgehead atoms. The average Bonchev–Trinajstić information content (AvgIpc) is 2.50. The van der Waals surface area contributed by atoms with Crippen molar-refractivity contribution in [1.82, 2.24) is 4.90 Å². The molecule has 0 saturated heterocycles. The summed E-state index contributed by atoms with van der Waals surface area (Å²) in [6.07, 6.45) is 2.49. The molecular formula is C16H14BrF2INO2Y-. The van der Waals surface area contributed by atoms with Crippen molar-refractivity contribution in [3.8, 4) is 5.75 Å². The van der Waals surface area contributed by atoms with E-state index in [1.165, 1.54) is 0 Å². The Morgan fingerprint density at radius 3 is 2.83 bits per heavy atom. The van der Waals surface area contributed by atoms with E-state index in [-0.39, 0.29) is 42.5 Å². The van der Waals surface area contributed by atoms with Crippen LogP contribution in [0.2, 0.25) is 0 Å². The van der Waals surface area contributed by atoms with Gasteiger partial charge in [-0.3, -0.25) is 4.79 Å². The van der Waals surface area contributed by atoms with E-state index in [4.69, 9.17) is 4.74 Å². The van der Waals surface area contributed by atoms with Gasteiger partial charge in [0.25, 0.3) is 6.43 Å². The third-order valence-electron chi connectivity index (χ3n) is 3.14. The Bertz CT molecular complexity index is 643. The molecule has 1 unspecified atom stereocenters. The van der Waals surface area contributed by atoms with Crippen molar-refractivity contribution in [2.75, 3.05) is 13.2 Å². The van der Waals surface area contributed by atoms with Crippen molar-refractivity contribution in [2.45, 2.75) is 16.8 Å². The van der Waals surface area contributed by atoms with E-state index in [1.54, 1.807) is 24.3 Å². The van der Waals surface area contributed by atoms with E-state index in [1.807, 2.05) is 22.6 Å². The molecule has 0 aromatic heterocycles. The summed E-state index contributed by atoms with van der Waals surface area (Å²) >= 11 is 5.36. The van der Waals surface area contributed by atoms with Gasteiger partial charge >= 0.3 is 0 Å². The van der Waals surface area contributed by atoms with Crippen LogP contribution in [0.1, 0.15) is 12.0 Å². The Hall–Kier alpha value is 0.144. The molecule has 24 heavy (non-hydrogen) atoms. The molecule has 0 saturated carbocycles. The van der Waals surface area contributed by atoms with Crippen molar-refractivity contribution in [3.63, 3.8) is 0 Å². The van der Waals surface area contributed by atoms with E-state index in [9.17, 15) is 13.6 Å². The van der Waals surface area contributed by atoms with Crippen molar-refractivity contribution in [3.05, 3.63) is 47.0 Å². The first-order valence-corrected chi connectivity index (χ1v) is 8.86. The first-order chi connectivity index (χ1) is 10.9. The molecule has 0 aliphatic carbocycles. The van der Waals surface area contributed by atoms with Gasteiger partial charge in [-0.05, 0) is 12.1 Å². The smallest absolute Gasteiger partial charge is 0.256 e. The number of nitrogens with zero attached hydrogens (tertiary/aromatic N) is 1. The molecule has 1 amide bonds. The van der Waals surface area contributed by atoms with Gasteiger partial charge in [0.15, 0.2) is 0 Å². The van der Waals surface area contributed by atoms with Crippen LogP contribution in [-0.4, -0.2) is 34.3 Å². The van der Waals surface area contributed by atoms with Crippen LogP contribution in [0.3, 0.4) is 0 Å². The van der Waals surface area contributed by atoms with Crippen LogP contribution in [0.5, 0.6) is 5.75 Å². The first kappa shape index (κ1) is 22.2. The molecule has 1 aromatic rings. The number of alkyl halides is 3. The van der Waals surface area contributed by atoms with Crippen LogP contribution >= 0.6 is 38.5 Å². The van der Waals surface area contributed by atoms with Gasteiger partial charge in [0, 0.05) is 32.7 Å². The molecule has 3 nitrogen and oxygen atoms in total. The third kappa shape index (κ3) is 5.57. The second kappa shape index (κ2) is 10.3. The number of hydrogen-bond acceptors (Lipinski definition) is 2. The van der Waals surface area contributed by atoms with Crippen molar-refractivity contribution < 1.29 is 51.0 Å². The summed E-state index contributed by atoms with van der Waals surface area (Å²) in [5, 5.41) is 0. The fourth-order valence-electron chi connectivity index (χ4n) is 2.14. The number of rotatable bonds is 6. The van der Waals surface area contributed by atoms with E-state index >= 15 is 0 Å². The zero-order chi connectivity index (χ0) is 17.0. The van der Waals surface area contributed by atoms with E-state index in [0.717, 1.165) is 4.90 Å². The average molecular weight is 586 g/mol. The fraction of sp³-hybridized carbons (Fsp3) is 0.312. The van der Waals surface area contributed by atoms with Crippen LogP contribution in [0, 0.1) is 6.08 Å². The van der Waals surface area contributed by atoms with Gasteiger partial charge in [-0.2, -0.15) is 0 Å². The Morgan fingerprint density at radius 1 is 1.54 bits per heavy atom. The molecule has 1 aromatic carbocycles. The zero-order valence-electron chi connectivity index (χ0n) is 12.6. The van der Waals surface area contributed by atoms with E-state index < -0.39 is 13.0 Å². The Morgan fingerprint density at radius 2 is 2.25 bits per heavy atom. The minimum Gasteiger partial charge on any atom is -0.490 e. The predicted octanol–water partition coefficient (Wildman–Crippen LogP) is 4.46. The molecule has 1 aliphatic heterocycles. The van der Waals surface area contributed by atoms with Gasteiger partial charge in [-0.15, -0.1) is 17.3 Å². The molecule has 1 aliphatic rings. The molecule has 0 fully saturated rings. The standard InChI is InChI=1S/C16H14BrF2INO2.Y/c1-2-7-23-10-3-4-11(12(17)8-10)14-6-5-13(20)16(22)21(14)9-15(18)19;/h2-4,8,13,15H,1,5,7,9H2;/q-1;. The number of hydrogen-bond donors (Lipinski definition) is 0. The fourth-order valence-corrected chi connectivity index (χ4v) is 3.24. The summed E-state index contributed by atoms with van der Waals surface area (Å²) in [5.74, 6) is 0.300. The van der Waals surface area contributed by atoms with Crippen molar-refractivity contribution >= 4 is 50.1 Å². The van der Waals surface area contributed by atoms with Crippen LogP contribution < -0.4 is 4.74 Å². The predicted molar refractivity (Wildman–Crippen MR) is 96.6 cm³/mol. The van der Waals surface area contributed by atoms with E-state index in [0.29, 0.717) is 34.5 Å². The van der Waals surface area contributed by atoms with Gasteiger partial charge in [0.05, 0.1) is 10.5 Å². The molecule has 8 heteroatoms. The summed E-state index contributed by atoms with van der Waals surface area (Å²) in [7, 11) is 0. The Kier molecular flexibility index (Phi) is 9.55. The minimum atomic E-state index is -2.61. The first-order valence-electron chi connectivity index (χ1n) is 6.82. The maximum atomic E-state index is 12.8. The van der Waals surface area contributed by atoms with Crippen LogP contribution in [-0.2, 0) is 37.5 Å². The van der Waals surface area contributed by atoms with Crippen LogP contribution in [0.15, 0.2) is 35.3 Å². The van der Waals surface area contributed by atoms with Gasteiger partial charge in [0.2, 0.25) is 5.91 Å². The molecule has 0 spiro atoms. The summed E-state index contributed by atoms with van der Waals surface area (Å²) in [6.45, 7) is 3.31. The molecule has 0 N–H and O–H groups in total. The summed E-state index contributed by atoms with van der Waals surface area (Å²) in [4.78, 5) is 13.3. The maximum absolute atomic E-state index is 12.8. The molecule has 1 radical (unpaired) electrons. The van der Waals surface area contributed by atoms with Gasteiger partial charge in [-0.25, -0.2) is 14.9 Å². The zero-order valence-corrected chi connectivity index (χ0v) is 19.2. The number of allylic oxidation sites excluding steroid dienone is 1.